The molecule has 0 fully saturated rings. The lowest BCUT2D eigenvalue weighted by Crippen LogP contribution is -2.32. The van der Waals surface area contributed by atoms with Crippen molar-refractivity contribution in [3.05, 3.63) is 34.9 Å². The van der Waals surface area contributed by atoms with Gasteiger partial charge < -0.3 is 9.90 Å². The van der Waals surface area contributed by atoms with E-state index in [1.807, 2.05) is 0 Å². The molecule has 1 aromatic carbocycles. The summed E-state index contributed by atoms with van der Waals surface area (Å²) in [7, 11) is 0. The maximum atomic E-state index is 11.1. The van der Waals surface area contributed by atoms with Gasteiger partial charge in [0.15, 0.2) is 0 Å². The van der Waals surface area contributed by atoms with Crippen LogP contribution in [0.25, 0.3) is 0 Å². The molecule has 1 N–H and O–H groups in total. The van der Waals surface area contributed by atoms with Gasteiger partial charge in [0.05, 0.1) is 11.3 Å². The average molecular weight is 241 g/mol. The first-order valence-corrected chi connectivity index (χ1v) is 5.21. The van der Waals surface area contributed by atoms with Crippen LogP contribution in [0.3, 0.4) is 0 Å². The molecule has 0 bridgehead atoms. The molecule has 0 saturated heterocycles. The Morgan fingerprint density at radius 3 is 2.25 bits per heavy atom. The number of rotatable bonds is 4. The molecule has 4 heteroatoms. The highest BCUT2D eigenvalue weighted by molar-refractivity contribution is 6.30. The maximum Gasteiger partial charge on any atom is 0.310 e. The van der Waals surface area contributed by atoms with Crippen LogP contribution in [0.4, 0.5) is 0 Å². The van der Waals surface area contributed by atoms with Crippen LogP contribution in [-0.4, -0.2) is 17.4 Å². The van der Waals surface area contributed by atoms with Crippen LogP contribution in [0.5, 0.6) is 0 Å². The van der Waals surface area contributed by atoms with E-state index in [1.165, 1.54) is 13.8 Å². The first-order chi connectivity index (χ1) is 7.39. The molecular weight excluding hydrogens is 228 g/mol. The summed E-state index contributed by atoms with van der Waals surface area (Å²) in [6.07, 6.45) is 0.664. The lowest BCUT2D eigenvalue weighted by molar-refractivity contribution is -0.149. The molecule has 1 unspecified atom stereocenters. The minimum atomic E-state index is -1.13. The summed E-state index contributed by atoms with van der Waals surface area (Å²) in [5.74, 6) is -1.68. The lowest BCUT2D eigenvalue weighted by atomic mass is 9.76. The molecule has 1 aromatic rings. The summed E-state index contributed by atoms with van der Waals surface area (Å²) in [5.41, 5.74) is -0.470. The largest absolute Gasteiger partial charge is 0.481 e. The fourth-order valence-electron chi connectivity index (χ4n) is 1.47. The van der Waals surface area contributed by atoms with Crippen molar-refractivity contribution in [2.75, 3.05) is 0 Å². The summed E-state index contributed by atoms with van der Waals surface area (Å²) in [6.45, 7) is 3.06. The number of aldehydes is 1. The Kier molecular flexibility index (Phi) is 3.70. The van der Waals surface area contributed by atoms with Crippen LogP contribution < -0.4 is 0 Å². The van der Waals surface area contributed by atoms with Crippen molar-refractivity contribution in [1.29, 1.82) is 0 Å². The highest BCUT2D eigenvalue weighted by atomic mass is 35.5. The average Bonchev–Trinajstić information content (AvgIpc) is 2.21. The van der Waals surface area contributed by atoms with Gasteiger partial charge in [-0.1, -0.05) is 23.7 Å². The molecule has 3 nitrogen and oxygen atoms in total. The van der Waals surface area contributed by atoms with Crippen LogP contribution in [0.1, 0.15) is 25.3 Å². The molecule has 0 aromatic heterocycles. The van der Waals surface area contributed by atoms with E-state index in [4.69, 9.17) is 16.7 Å². The zero-order valence-electron chi connectivity index (χ0n) is 9.11. The van der Waals surface area contributed by atoms with Crippen molar-refractivity contribution in [3.8, 4) is 0 Å². The van der Waals surface area contributed by atoms with Gasteiger partial charge in [-0.3, -0.25) is 4.79 Å². The van der Waals surface area contributed by atoms with Crippen molar-refractivity contribution in [1.82, 2.24) is 0 Å². The van der Waals surface area contributed by atoms with Crippen molar-refractivity contribution >= 4 is 23.9 Å². The molecule has 0 aliphatic carbocycles. The van der Waals surface area contributed by atoms with Crippen molar-refractivity contribution < 1.29 is 14.7 Å². The number of benzene rings is 1. The highest BCUT2D eigenvalue weighted by Crippen LogP contribution is 2.34. The SMILES string of the molecule is CC(C)(C(=O)O)C(C=O)c1ccc(Cl)cc1. The van der Waals surface area contributed by atoms with Crippen molar-refractivity contribution in [2.45, 2.75) is 19.8 Å². The van der Waals surface area contributed by atoms with Crippen molar-refractivity contribution in [2.24, 2.45) is 5.41 Å². The Morgan fingerprint density at radius 2 is 1.88 bits per heavy atom. The van der Waals surface area contributed by atoms with E-state index in [1.54, 1.807) is 24.3 Å². The summed E-state index contributed by atoms with van der Waals surface area (Å²) < 4.78 is 0. The van der Waals surface area contributed by atoms with Gasteiger partial charge in [-0.2, -0.15) is 0 Å². The second kappa shape index (κ2) is 4.66. The summed E-state index contributed by atoms with van der Waals surface area (Å²) >= 11 is 5.73. The fourth-order valence-corrected chi connectivity index (χ4v) is 1.59. The monoisotopic (exact) mass is 240 g/mol. The molecule has 0 aliphatic heterocycles. The van der Waals surface area contributed by atoms with E-state index in [9.17, 15) is 9.59 Å². The Morgan fingerprint density at radius 1 is 1.38 bits per heavy atom. The number of halogens is 1. The number of hydrogen-bond acceptors (Lipinski definition) is 2. The van der Waals surface area contributed by atoms with Gasteiger partial charge in [0.2, 0.25) is 0 Å². The molecule has 16 heavy (non-hydrogen) atoms. The molecule has 0 aliphatic rings. The van der Waals surface area contributed by atoms with Gasteiger partial charge in [-0.15, -0.1) is 0 Å². The van der Waals surface area contributed by atoms with Crippen LogP contribution in [0.15, 0.2) is 24.3 Å². The summed E-state index contributed by atoms with van der Waals surface area (Å²) in [5, 5.41) is 9.63. The van der Waals surface area contributed by atoms with E-state index in [0.717, 1.165) is 0 Å². The fraction of sp³-hybridized carbons (Fsp3) is 0.333. The molecular formula is C12H13ClO3. The first-order valence-electron chi connectivity index (χ1n) is 4.83. The Bertz CT molecular complexity index is 395. The Balaban J connectivity index is 3.12. The van der Waals surface area contributed by atoms with Crippen molar-refractivity contribution in [3.63, 3.8) is 0 Å². The number of carbonyl (C=O) groups excluding carboxylic acids is 1. The zero-order chi connectivity index (χ0) is 12.3. The van der Waals surface area contributed by atoms with Gasteiger partial charge in [-0.25, -0.2) is 0 Å². The van der Waals surface area contributed by atoms with E-state index in [-0.39, 0.29) is 0 Å². The minimum Gasteiger partial charge on any atom is -0.481 e. The predicted molar refractivity (Wildman–Crippen MR) is 61.7 cm³/mol. The molecule has 0 spiro atoms. The molecule has 1 rings (SSSR count). The normalized spacial score (nSPS) is 13.2. The smallest absolute Gasteiger partial charge is 0.310 e. The van der Waals surface area contributed by atoms with E-state index in [2.05, 4.69) is 0 Å². The third-order valence-electron chi connectivity index (χ3n) is 2.69. The summed E-state index contributed by atoms with van der Waals surface area (Å²) in [4.78, 5) is 22.1. The molecule has 1 atom stereocenters. The predicted octanol–water partition coefficient (Wildman–Crippen LogP) is 2.73. The standard InChI is InChI=1S/C12H13ClO3/c1-12(2,11(15)16)10(7-14)8-3-5-9(13)6-4-8/h3-7,10H,1-2H3,(H,15,16). The summed E-state index contributed by atoms with van der Waals surface area (Å²) in [6, 6.07) is 6.63. The Hall–Kier alpha value is -1.35. The molecule has 0 amide bonds. The number of hydrogen-bond donors (Lipinski definition) is 1. The molecule has 0 saturated carbocycles. The Labute approximate surface area is 99.0 Å². The molecule has 86 valence electrons. The highest BCUT2D eigenvalue weighted by Gasteiger charge is 2.37. The second-order valence-electron chi connectivity index (χ2n) is 4.19. The first kappa shape index (κ1) is 12.7. The number of carbonyl (C=O) groups is 2. The van der Waals surface area contributed by atoms with Gasteiger partial charge in [-0.05, 0) is 31.5 Å². The number of carboxylic acids is 1. The molecule has 0 heterocycles. The van der Waals surface area contributed by atoms with Gasteiger partial charge in [0.25, 0.3) is 0 Å². The van der Waals surface area contributed by atoms with Crippen LogP contribution in [0, 0.1) is 5.41 Å². The number of aliphatic carboxylic acids is 1. The maximum absolute atomic E-state index is 11.1. The minimum absolute atomic E-state index is 0.557. The third kappa shape index (κ3) is 2.42. The van der Waals surface area contributed by atoms with Crippen LogP contribution >= 0.6 is 11.6 Å². The quantitative estimate of drug-likeness (QED) is 0.824. The topological polar surface area (TPSA) is 54.4 Å². The van der Waals surface area contributed by atoms with E-state index < -0.39 is 17.3 Å². The van der Waals surface area contributed by atoms with Crippen LogP contribution in [0.2, 0.25) is 5.02 Å². The van der Waals surface area contributed by atoms with Gasteiger partial charge in [0.1, 0.15) is 6.29 Å². The van der Waals surface area contributed by atoms with Gasteiger partial charge >= 0.3 is 5.97 Å². The molecule has 0 radical (unpaired) electrons. The lowest BCUT2D eigenvalue weighted by Gasteiger charge is -2.26. The third-order valence-corrected chi connectivity index (χ3v) is 2.95. The number of carboxylic acid groups (broad SMARTS) is 1. The van der Waals surface area contributed by atoms with E-state index in [0.29, 0.717) is 16.9 Å². The van der Waals surface area contributed by atoms with Crippen LogP contribution in [-0.2, 0) is 9.59 Å². The second-order valence-corrected chi connectivity index (χ2v) is 4.63. The van der Waals surface area contributed by atoms with E-state index >= 15 is 0 Å². The van der Waals surface area contributed by atoms with Gasteiger partial charge in [0, 0.05) is 5.02 Å². The zero-order valence-corrected chi connectivity index (χ0v) is 9.86.